The molecule has 0 bridgehead atoms. The molecule has 0 radical (unpaired) electrons. The van der Waals surface area contributed by atoms with Crippen LogP contribution in [0.15, 0.2) is 23.3 Å². The molecule has 0 saturated heterocycles. The van der Waals surface area contributed by atoms with Crippen molar-refractivity contribution in [3.63, 3.8) is 0 Å². The quantitative estimate of drug-likeness (QED) is 0.236. The lowest BCUT2D eigenvalue weighted by atomic mass is 10.2. The number of hydrazone groups is 1. The third-order valence-electron chi connectivity index (χ3n) is 1.53. The van der Waals surface area contributed by atoms with Crippen LogP contribution in [-0.2, 0) is 0 Å². The Labute approximate surface area is 81.3 Å². The van der Waals surface area contributed by atoms with Gasteiger partial charge in [0.2, 0.25) is 0 Å². The van der Waals surface area contributed by atoms with E-state index in [1.54, 1.807) is 6.07 Å². The van der Waals surface area contributed by atoms with E-state index in [-0.39, 0.29) is 18.1 Å². The van der Waals surface area contributed by atoms with Gasteiger partial charge in [0.15, 0.2) is 11.5 Å². The van der Waals surface area contributed by atoms with Crippen molar-refractivity contribution < 1.29 is 15.3 Å². The van der Waals surface area contributed by atoms with Crippen LogP contribution in [0.5, 0.6) is 11.5 Å². The number of aromatic hydroxyl groups is 2. The van der Waals surface area contributed by atoms with Crippen LogP contribution >= 0.6 is 0 Å². The van der Waals surface area contributed by atoms with Crippen molar-refractivity contribution in [2.45, 2.75) is 0 Å². The second-order valence-electron chi connectivity index (χ2n) is 2.64. The zero-order valence-electron chi connectivity index (χ0n) is 7.51. The summed E-state index contributed by atoms with van der Waals surface area (Å²) in [6.07, 6.45) is 1.48. The molecule has 1 aromatic rings. The highest BCUT2D eigenvalue weighted by Crippen LogP contribution is 2.23. The van der Waals surface area contributed by atoms with Gasteiger partial charge in [0.05, 0.1) is 19.4 Å². The number of aliphatic hydroxyl groups excluding tert-OH is 1. The molecule has 0 aromatic heterocycles. The van der Waals surface area contributed by atoms with Crippen LogP contribution in [0.25, 0.3) is 0 Å². The summed E-state index contributed by atoms with van der Waals surface area (Å²) in [7, 11) is 0. The summed E-state index contributed by atoms with van der Waals surface area (Å²) in [5, 5.41) is 30.3. The highest BCUT2D eigenvalue weighted by Gasteiger charge is 1.97. The molecule has 0 aliphatic rings. The van der Waals surface area contributed by atoms with Crippen LogP contribution in [0.4, 0.5) is 0 Å². The molecule has 0 aliphatic carbocycles. The first-order chi connectivity index (χ1) is 6.74. The standard InChI is InChI=1S/C9H12N2O3/c12-4-3-10-11-6-7-1-2-8(13)9(14)5-7/h1-2,5-6,10,12-14H,3-4H2/b11-6+. The maximum absolute atomic E-state index is 9.13. The third kappa shape index (κ3) is 2.95. The lowest BCUT2D eigenvalue weighted by molar-refractivity contribution is 0.294. The highest BCUT2D eigenvalue weighted by molar-refractivity contribution is 5.80. The van der Waals surface area contributed by atoms with Gasteiger partial charge in [-0.3, -0.25) is 0 Å². The van der Waals surface area contributed by atoms with E-state index >= 15 is 0 Å². The number of nitrogens with one attached hydrogen (secondary N) is 1. The van der Waals surface area contributed by atoms with E-state index in [2.05, 4.69) is 10.5 Å². The molecule has 0 atom stereocenters. The molecule has 0 heterocycles. The van der Waals surface area contributed by atoms with Crippen LogP contribution in [-0.4, -0.2) is 34.7 Å². The number of rotatable bonds is 4. The average molecular weight is 196 g/mol. The second kappa shape index (κ2) is 5.08. The molecule has 0 fully saturated rings. The van der Waals surface area contributed by atoms with Gasteiger partial charge in [-0.05, 0) is 23.8 Å². The van der Waals surface area contributed by atoms with Gasteiger partial charge in [0.25, 0.3) is 0 Å². The monoisotopic (exact) mass is 196 g/mol. The van der Waals surface area contributed by atoms with Crippen molar-refractivity contribution >= 4 is 6.21 Å². The number of hydrogen-bond donors (Lipinski definition) is 4. The van der Waals surface area contributed by atoms with E-state index < -0.39 is 0 Å². The van der Waals surface area contributed by atoms with E-state index in [1.807, 2.05) is 0 Å². The van der Waals surface area contributed by atoms with Crippen LogP contribution < -0.4 is 5.43 Å². The Morgan fingerprint density at radius 1 is 1.29 bits per heavy atom. The molecule has 1 aromatic carbocycles. The third-order valence-corrected chi connectivity index (χ3v) is 1.53. The Hall–Kier alpha value is -1.75. The zero-order valence-corrected chi connectivity index (χ0v) is 7.51. The molecule has 4 N–H and O–H groups in total. The molecule has 14 heavy (non-hydrogen) atoms. The minimum absolute atomic E-state index is 0.0121. The number of nitrogens with zero attached hydrogens (tertiary/aromatic N) is 1. The van der Waals surface area contributed by atoms with E-state index in [9.17, 15) is 0 Å². The molecular weight excluding hydrogens is 184 g/mol. The molecule has 0 spiro atoms. The summed E-state index contributed by atoms with van der Waals surface area (Å²) in [6.45, 7) is 0.388. The lowest BCUT2D eigenvalue weighted by Gasteiger charge is -1.98. The highest BCUT2D eigenvalue weighted by atomic mass is 16.3. The van der Waals surface area contributed by atoms with Crippen LogP contribution in [0.3, 0.4) is 0 Å². The van der Waals surface area contributed by atoms with E-state index in [0.29, 0.717) is 12.1 Å². The zero-order chi connectivity index (χ0) is 10.4. The summed E-state index contributed by atoms with van der Waals surface area (Å²) in [4.78, 5) is 0. The fraction of sp³-hybridized carbons (Fsp3) is 0.222. The van der Waals surface area contributed by atoms with Crippen LogP contribution in [0.2, 0.25) is 0 Å². The lowest BCUT2D eigenvalue weighted by Crippen LogP contribution is -2.11. The number of phenols is 2. The van der Waals surface area contributed by atoms with Crippen molar-refractivity contribution in [3.05, 3.63) is 23.8 Å². The maximum atomic E-state index is 9.13. The Bertz CT molecular complexity index is 326. The molecule has 5 nitrogen and oxygen atoms in total. The van der Waals surface area contributed by atoms with Gasteiger partial charge < -0.3 is 20.7 Å². The Kier molecular flexibility index (Phi) is 3.75. The normalized spacial score (nSPS) is 10.6. The summed E-state index contributed by atoms with van der Waals surface area (Å²) >= 11 is 0. The molecule has 1 rings (SSSR count). The van der Waals surface area contributed by atoms with Crippen LogP contribution in [0.1, 0.15) is 5.56 Å². The predicted octanol–water partition coefficient (Wildman–Crippen LogP) is 0.0136. The van der Waals surface area contributed by atoms with E-state index in [4.69, 9.17) is 15.3 Å². The summed E-state index contributed by atoms with van der Waals surface area (Å²) in [5.74, 6) is -0.346. The van der Waals surface area contributed by atoms with Crippen molar-refractivity contribution in [1.29, 1.82) is 0 Å². The molecule has 5 heteroatoms. The minimum atomic E-state index is -0.184. The summed E-state index contributed by atoms with van der Waals surface area (Å²) in [5.41, 5.74) is 3.25. The summed E-state index contributed by atoms with van der Waals surface area (Å²) < 4.78 is 0. The van der Waals surface area contributed by atoms with Crippen LogP contribution in [0, 0.1) is 0 Å². The van der Waals surface area contributed by atoms with Crippen molar-refractivity contribution in [2.24, 2.45) is 5.10 Å². The smallest absolute Gasteiger partial charge is 0.158 e. The predicted molar refractivity (Wildman–Crippen MR) is 52.5 cm³/mol. The Morgan fingerprint density at radius 3 is 2.71 bits per heavy atom. The Morgan fingerprint density at radius 2 is 2.07 bits per heavy atom. The molecule has 0 aliphatic heterocycles. The topological polar surface area (TPSA) is 85.1 Å². The largest absolute Gasteiger partial charge is 0.504 e. The van der Waals surface area contributed by atoms with Crippen molar-refractivity contribution in [3.8, 4) is 11.5 Å². The van der Waals surface area contributed by atoms with Gasteiger partial charge in [-0.25, -0.2) is 0 Å². The van der Waals surface area contributed by atoms with Gasteiger partial charge in [-0.2, -0.15) is 5.10 Å². The van der Waals surface area contributed by atoms with Crippen molar-refractivity contribution in [1.82, 2.24) is 5.43 Å². The molecule has 76 valence electrons. The SMILES string of the molecule is OCCN/N=C/c1ccc(O)c(O)c1. The molecular formula is C9H12N2O3. The Balaban J connectivity index is 2.59. The van der Waals surface area contributed by atoms with Crippen molar-refractivity contribution in [2.75, 3.05) is 13.2 Å². The van der Waals surface area contributed by atoms with Gasteiger partial charge in [0.1, 0.15) is 0 Å². The molecule has 0 amide bonds. The minimum Gasteiger partial charge on any atom is -0.504 e. The first-order valence-corrected chi connectivity index (χ1v) is 4.13. The van der Waals surface area contributed by atoms with Gasteiger partial charge in [-0.15, -0.1) is 0 Å². The number of aliphatic hydroxyl groups is 1. The first-order valence-electron chi connectivity index (χ1n) is 4.13. The first kappa shape index (κ1) is 10.3. The fourth-order valence-electron chi connectivity index (χ4n) is 0.855. The molecule has 0 saturated carbocycles. The average Bonchev–Trinajstić information content (AvgIpc) is 2.18. The van der Waals surface area contributed by atoms with Gasteiger partial charge in [0, 0.05) is 0 Å². The van der Waals surface area contributed by atoms with Gasteiger partial charge in [-0.1, -0.05) is 0 Å². The number of phenolic OH excluding ortho intramolecular Hbond substituents is 2. The fourth-order valence-corrected chi connectivity index (χ4v) is 0.855. The van der Waals surface area contributed by atoms with Gasteiger partial charge >= 0.3 is 0 Å². The maximum Gasteiger partial charge on any atom is 0.158 e. The number of benzene rings is 1. The second-order valence-corrected chi connectivity index (χ2v) is 2.64. The summed E-state index contributed by atoms with van der Waals surface area (Å²) in [6, 6.07) is 4.38. The number of hydrogen-bond acceptors (Lipinski definition) is 5. The van der Waals surface area contributed by atoms with E-state index in [0.717, 1.165) is 0 Å². The van der Waals surface area contributed by atoms with E-state index in [1.165, 1.54) is 18.3 Å². The molecule has 0 unspecified atom stereocenters.